The van der Waals surface area contributed by atoms with E-state index in [1.807, 2.05) is 0 Å². The molecule has 0 spiro atoms. The Morgan fingerprint density at radius 1 is 1.04 bits per heavy atom. The van der Waals surface area contributed by atoms with Gasteiger partial charge in [-0.3, -0.25) is 4.79 Å². The first kappa shape index (κ1) is 20.5. The van der Waals surface area contributed by atoms with E-state index >= 15 is 0 Å². The molecule has 11 heteroatoms. The molecule has 2 N–H and O–H groups in total. The van der Waals surface area contributed by atoms with Crippen molar-refractivity contribution < 1.29 is 26.4 Å². The van der Waals surface area contributed by atoms with Gasteiger partial charge in [0.1, 0.15) is 6.54 Å². The lowest BCUT2D eigenvalue weighted by Crippen LogP contribution is -2.33. The van der Waals surface area contributed by atoms with Crippen molar-refractivity contribution >= 4 is 44.8 Å². The Bertz CT molecular complexity index is 934. The number of carbonyl (C=O) groups excluding carboxylic acids is 1. The van der Waals surface area contributed by atoms with Crippen molar-refractivity contribution in [2.75, 3.05) is 11.9 Å². The molecule has 1 amide bonds. The Labute approximate surface area is 157 Å². The number of nitrogens with one attached hydrogen (secondary N) is 2. The minimum atomic E-state index is -4.70. The molecule has 5 nitrogen and oxygen atoms in total. The Balaban J connectivity index is 2.19. The van der Waals surface area contributed by atoms with E-state index in [1.165, 1.54) is 35.1 Å². The molecule has 140 valence electrons. The molecule has 0 saturated heterocycles. The molecule has 2 aromatic carbocycles. The van der Waals surface area contributed by atoms with Crippen LogP contribution in [0.1, 0.15) is 10.4 Å². The van der Waals surface area contributed by atoms with Crippen LogP contribution >= 0.6 is 23.2 Å². The van der Waals surface area contributed by atoms with Gasteiger partial charge in [0, 0.05) is 11.3 Å². The number of hydrogen-bond acceptors (Lipinski definition) is 3. The van der Waals surface area contributed by atoms with Crippen molar-refractivity contribution in [3.05, 3.63) is 58.1 Å². The van der Waals surface area contributed by atoms with Gasteiger partial charge in [0.25, 0.3) is 5.91 Å². The van der Waals surface area contributed by atoms with Crippen molar-refractivity contribution in [2.24, 2.45) is 0 Å². The van der Waals surface area contributed by atoms with Gasteiger partial charge in [-0.2, -0.15) is 13.2 Å². The molecule has 0 fully saturated rings. The highest BCUT2D eigenvalue weighted by molar-refractivity contribution is 7.89. The van der Waals surface area contributed by atoms with Gasteiger partial charge in [0.2, 0.25) is 10.0 Å². The highest BCUT2D eigenvalue weighted by Gasteiger charge is 2.30. The van der Waals surface area contributed by atoms with Gasteiger partial charge in [-0.25, -0.2) is 13.1 Å². The van der Waals surface area contributed by atoms with Crippen LogP contribution in [0, 0.1) is 0 Å². The molecule has 0 aliphatic rings. The third-order valence-corrected chi connectivity index (χ3v) is 5.18. The van der Waals surface area contributed by atoms with E-state index in [0.29, 0.717) is 5.69 Å². The molecule has 0 aromatic heterocycles. The Hall–Kier alpha value is -1.81. The predicted molar refractivity (Wildman–Crippen MR) is 92.1 cm³/mol. The molecule has 0 unspecified atom stereocenters. The first-order chi connectivity index (χ1) is 12.0. The topological polar surface area (TPSA) is 75.3 Å². The standard InChI is InChI=1S/C15H11Cl2F3N2O3S/c16-12-5-4-10(7-13(12)17)22-14(23)9-2-1-3-11(6-9)26(24,25)21-8-15(18,19)20/h1-7,21H,8H2,(H,22,23). The summed E-state index contributed by atoms with van der Waals surface area (Å²) in [5.41, 5.74) is 0.249. The molecule has 2 aromatic rings. The second kappa shape index (κ2) is 7.83. The number of sulfonamides is 1. The quantitative estimate of drug-likeness (QED) is 0.755. The van der Waals surface area contributed by atoms with Crippen LogP contribution in [-0.2, 0) is 10.0 Å². The molecule has 26 heavy (non-hydrogen) atoms. The van der Waals surface area contributed by atoms with Crippen molar-refractivity contribution in [1.82, 2.24) is 4.72 Å². The fraction of sp³-hybridized carbons (Fsp3) is 0.133. The Morgan fingerprint density at radius 2 is 1.73 bits per heavy atom. The normalized spacial score (nSPS) is 12.0. The van der Waals surface area contributed by atoms with Crippen LogP contribution in [0.25, 0.3) is 0 Å². The highest BCUT2D eigenvalue weighted by Crippen LogP contribution is 2.25. The second-order valence-corrected chi connectivity index (χ2v) is 7.63. The Kier molecular flexibility index (Phi) is 6.17. The number of carbonyl (C=O) groups is 1. The summed E-state index contributed by atoms with van der Waals surface area (Å²) < 4.78 is 61.9. The molecular weight excluding hydrogens is 416 g/mol. The van der Waals surface area contributed by atoms with Crippen LogP contribution in [0.4, 0.5) is 18.9 Å². The molecule has 0 atom stereocenters. The van der Waals surface area contributed by atoms with Crippen LogP contribution in [0.15, 0.2) is 47.4 Å². The highest BCUT2D eigenvalue weighted by atomic mass is 35.5. The average molecular weight is 427 g/mol. The number of halogens is 5. The molecular formula is C15H11Cl2F3N2O3S. The minimum absolute atomic E-state index is 0.0639. The van der Waals surface area contributed by atoms with Gasteiger partial charge in [-0.05, 0) is 36.4 Å². The minimum Gasteiger partial charge on any atom is -0.322 e. The fourth-order valence-electron chi connectivity index (χ4n) is 1.84. The van der Waals surface area contributed by atoms with Crippen LogP contribution in [0.3, 0.4) is 0 Å². The number of anilines is 1. The predicted octanol–water partition coefficient (Wildman–Crippen LogP) is 4.09. The smallest absolute Gasteiger partial charge is 0.322 e. The van der Waals surface area contributed by atoms with Crippen molar-refractivity contribution in [3.8, 4) is 0 Å². The maximum Gasteiger partial charge on any atom is 0.402 e. The number of alkyl halides is 3. The van der Waals surface area contributed by atoms with Gasteiger partial charge in [-0.15, -0.1) is 0 Å². The SMILES string of the molecule is O=C(Nc1ccc(Cl)c(Cl)c1)c1cccc(S(=O)(=O)NCC(F)(F)F)c1. The monoisotopic (exact) mass is 426 g/mol. The zero-order valence-corrected chi connectivity index (χ0v) is 15.1. The lowest BCUT2D eigenvalue weighted by atomic mass is 10.2. The largest absolute Gasteiger partial charge is 0.402 e. The van der Waals surface area contributed by atoms with Crippen molar-refractivity contribution in [2.45, 2.75) is 11.1 Å². The third kappa shape index (κ3) is 5.60. The summed E-state index contributed by atoms with van der Waals surface area (Å²) in [6.07, 6.45) is -4.70. The Morgan fingerprint density at radius 3 is 2.35 bits per heavy atom. The van der Waals surface area contributed by atoms with Gasteiger partial charge in [0.05, 0.1) is 14.9 Å². The number of amides is 1. The van der Waals surface area contributed by atoms with E-state index in [2.05, 4.69) is 5.32 Å². The maximum atomic E-state index is 12.2. The first-order valence-corrected chi connectivity index (χ1v) is 9.15. The van der Waals surface area contributed by atoms with E-state index in [1.54, 1.807) is 0 Å². The first-order valence-electron chi connectivity index (χ1n) is 6.91. The van der Waals surface area contributed by atoms with E-state index in [0.717, 1.165) is 12.1 Å². The summed E-state index contributed by atoms with van der Waals surface area (Å²) in [6, 6.07) is 8.94. The maximum absolute atomic E-state index is 12.2. The summed E-state index contributed by atoms with van der Waals surface area (Å²) in [5.74, 6) is -0.670. The summed E-state index contributed by atoms with van der Waals surface area (Å²) >= 11 is 11.6. The van der Waals surface area contributed by atoms with Crippen LogP contribution in [0.2, 0.25) is 10.0 Å². The van der Waals surface area contributed by atoms with E-state index in [9.17, 15) is 26.4 Å². The molecule has 0 heterocycles. The second-order valence-electron chi connectivity index (χ2n) is 5.05. The number of hydrogen-bond donors (Lipinski definition) is 2. The molecule has 0 aliphatic carbocycles. The lowest BCUT2D eigenvalue weighted by Gasteiger charge is -2.11. The van der Waals surface area contributed by atoms with Crippen LogP contribution in [-0.4, -0.2) is 27.0 Å². The zero-order valence-electron chi connectivity index (χ0n) is 12.8. The molecule has 0 radical (unpaired) electrons. The lowest BCUT2D eigenvalue weighted by molar-refractivity contribution is -0.121. The molecule has 0 bridgehead atoms. The number of benzene rings is 2. The van der Waals surface area contributed by atoms with E-state index in [-0.39, 0.29) is 15.6 Å². The number of rotatable bonds is 5. The van der Waals surface area contributed by atoms with Crippen LogP contribution in [0.5, 0.6) is 0 Å². The van der Waals surface area contributed by atoms with Gasteiger partial charge in [-0.1, -0.05) is 29.3 Å². The summed E-state index contributed by atoms with van der Waals surface area (Å²) in [4.78, 5) is 11.8. The van der Waals surface area contributed by atoms with Gasteiger partial charge in [0.15, 0.2) is 0 Å². The summed E-state index contributed by atoms with van der Waals surface area (Å²) in [7, 11) is -4.42. The third-order valence-electron chi connectivity index (χ3n) is 3.05. The fourth-order valence-corrected chi connectivity index (χ4v) is 3.20. The van der Waals surface area contributed by atoms with Gasteiger partial charge < -0.3 is 5.32 Å². The van der Waals surface area contributed by atoms with E-state index < -0.39 is 33.5 Å². The van der Waals surface area contributed by atoms with Crippen molar-refractivity contribution in [1.29, 1.82) is 0 Å². The zero-order chi connectivity index (χ0) is 19.5. The molecule has 2 rings (SSSR count). The average Bonchev–Trinajstić information content (AvgIpc) is 2.56. The van der Waals surface area contributed by atoms with Crippen LogP contribution < -0.4 is 10.0 Å². The van der Waals surface area contributed by atoms with E-state index in [4.69, 9.17) is 23.2 Å². The van der Waals surface area contributed by atoms with Crippen molar-refractivity contribution in [3.63, 3.8) is 0 Å². The molecule has 0 saturated carbocycles. The summed E-state index contributed by atoms with van der Waals surface area (Å²) in [6.45, 7) is -1.71. The summed E-state index contributed by atoms with van der Waals surface area (Å²) in [5, 5.41) is 2.98. The van der Waals surface area contributed by atoms with Gasteiger partial charge >= 0.3 is 6.18 Å². The molecule has 0 aliphatic heterocycles.